The third-order valence-electron chi connectivity index (χ3n) is 8.14. The van der Waals surface area contributed by atoms with E-state index >= 15 is 0 Å². The summed E-state index contributed by atoms with van der Waals surface area (Å²) in [6.45, 7) is 0.359. The first-order valence-corrected chi connectivity index (χ1v) is 15.9. The maximum atomic E-state index is 12.6. The minimum absolute atomic E-state index is 0.112. The van der Waals surface area contributed by atoms with Crippen molar-refractivity contribution in [2.45, 2.75) is 165 Å². The predicted molar refractivity (Wildman–Crippen MR) is 151 cm³/mol. The number of hydrogen-bond acceptors (Lipinski definition) is 11. The fourth-order valence-corrected chi connectivity index (χ4v) is 5.57. The first-order chi connectivity index (χ1) is 19.8. The monoisotopic (exact) mass is 592 g/mol. The molecule has 0 aromatic heterocycles. The molecule has 2 rings (SSSR count). The van der Waals surface area contributed by atoms with Gasteiger partial charge in [-0.3, -0.25) is 4.79 Å². The number of hydrogen-bond donors (Lipinski definition) is 6. The van der Waals surface area contributed by atoms with E-state index < -0.39 is 74.5 Å². The number of aliphatic hydroxyl groups is 6. The summed E-state index contributed by atoms with van der Waals surface area (Å²) in [5.74, 6) is -2.40. The maximum absolute atomic E-state index is 12.6. The van der Waals surface area contributed by atoms with Crippen LogP contribution in [-0.4, -0.2) is 105 Å². The van der Waals surface area contributed by atoms with Crippen LogP contribution in [0.25, 0.3) is 0 Å². The van der Waals surface area contributed by atoms with E-state index in [0.717, 1.165) is 19.3 Å². The Morgan fingerprint density at radius 3 is 1.73 bits per heavy atom. The maximum Gasteiger partial charge on any atom is 0.306 e. The third kappa shape index (κ3) is 12.3. The van der Waals surface area contributed by atoms with Crippen LogP contribution >= 0.6 is 0 Å². The number of esters is 1. The van der Waals surface area contributed by atoms with Crippen molar-refractivity contribution < 1.29 is 54.4 Å². The topological polar surface area (TPSA) is 175 Å². The Balaban J connectivity index is 1.69. The summed E-state index contributed by atoms with van der Waals surface area (Å²) >= 11 is 0. The van der Waals surface area contributed by atoms with Crippen LogP contribution in [0.5, 0.6) is 0 Å². The molecule has 0 saturated carbocycles. The summed E-state index contributed by atoms with van der Waals surface area (Å²) < 4.78 is 22.3. The highest BCUT2D eigenvalue weighted by Gasteiger charge is 2.54. The molecule has 242 valence electrons. The molecule has 2 fully saturated rings. The molecule has 11 nitrogen and oxygen atoms in total. The van der Waals surface area contributed by atoms with Crippen molar-refractivity contribution in [3.8, 4) is 0 Å². The van der Waals surface area contributed by atoms with Gasteiger partial charge in [0.1, 0.15) is 24.4 Å². The summed E-state index contributed by atoms with van der Waals surface area (Å²) in [6.07, 6.45) is 8.43. The Morgan fingerprint density at radius 1 is 0.756 bits per heavy atom. The average Bonchev–Trinajstić information content (AvgIpc) is 3.30. The van der Waals surface area contributed by atoms with Gasteiger partial charge in [-0.2, -0.15) is 0 Å². The van der Waals surface area contributed by atoms with Crippen molar-refractivity contribution in [2.24, 2.45) is 0 Å². The van der Waals surface area contributed by atoms with E-state index in [0.29, 0.717) is 6.42 Å². The van der Waals surface area contributed by atoms with Gasteiger partial charge in [0.2, 0.25) is 6.29 Å². The third-order valence-corrected chi connectivity index (χ3v) is 8.14. The highest BCUT2D eigenvalue weighted by atomic mass is 16.8. The molecule has 41 heavy (non-hydrogen) atoms. The van der Waals surface area contributed by atoms with E-state index in [2.05, 4.69) is 6.92 Å². The lowest BCUT2D eigenvalue weighted by Crippen LogP contribution is -2.62. The van der Waals surface area contributed by atoms with Crippen LogP contribution in [0.1, 0.15) is 116 Å². The summed E-state index contributed by atoms with van der Waals surface area (Å²) in [6, 6.07) is 0. The van der Waals surface area contributed by atoms with Gasteiger partial charge < -0.3 is 49.6 Å². The van der Waals surface area contributed by atoms with Crippen LogP contribution in [-0.2, 0) is 23.7 Å². The minimum atomic E-state index is -1.79. The van der Waals surface area contributed by atoms with Crippen molar-refractivity contribution in [3.63, 3.8) is 0 Å². The standard InChI is InChI=1S/C30H56O11/c1-2-3-4-5-6-7-8-9-10-11-12-13-14-15-16-17-25(35)39-28-27(37)26(36)24(20-32)38-29(28)41-30(21-33)18-22(34)23(19-31)40-30/h22-24,26-29,31-34,36-37H,2-21H2,1H3/t22?,23?,24?,26?,27?,28?,29?,30-/m1/s1. The molecule has 6 N–H and O–H groups in total. The largest absolute Gasteiger partial charge is 0.454 e. The van der Waals surface area contributed by atoms with Crippen LogP contribution in [0.4, 0.5) is 0 Å². The quantitative estimate of drug-likeness (QED) is 0.0804. The normalized spacial score (nSPS) is 31.9. The van der Waals surface area contributed by atoms with Crippen molar-refractivity contribution in [1.29, 1.82) is 0 Å². The Morgan fingerprint density at radius 2 is 1.27 bits per heavy atom. The molecule has 8 atom stereocenters. The summed E-state index contributed by atoms with van der Waals surface area (Å²) in [5, 5.41) is 60.0. The molecular weight excluding hydrogens is 536 g/mol. The van der Waals surface area contributed by atoms with E-state index in [1.54, 1.807) is 0 Å². The van der Waals surface area contributed by atoms with Crippen molar-refractivity contribution >= 4 is 5.97 Å². The molecule has 0 aliphatic carbocycles. The van der Waals surface area contributed by atoms with Crippen molar-refractivity contribution in [2.75, 3.05) is 19.8 Å². The van der Waals surface area contributed by atoms with Gasteiger partial charge in [-0.25, -0.2) is 0 Å². The van der Waals surface area contributed by atoms with Crippen molar-refractivity contribution in [3.05, 3.63) is 0 Å². The number of rotatable bonds is 22. The van der Waals surface area contributed by atoms with Gasteiger partial charge in [0.15, 0.2) is 11.9 Å². The van der Waals surface area contributed by atoms with Gasteiger partial charge in [-0.05, 0) is 6.42 Å². The Kier molecular flexibility index (Phi) is 17.8. The highest BCUT2D eigenvalue weighted by molar-refractivity contribution is 5.69. The lowest BCUT2D eigenvalue weighted by molar-refractivity contribution is -0.372. The molecule has 0 aromatic carbocycles. The second-order valence-electron chi connectivity index (χ2n) is 11.7. The molecule has 2 heterocycles. The lowest BCUT2D eigenvalue weighted by atomic mass is 9.98. The van der Waals surface area contributed by atoms with E-state index in [9.17, 15) is 35.4 Å². The second-order valence-corrected chi connectivity index (χ2v) is 11.7. The van der Waals surface area contributed by atoms with E-state index in [4.69, 9.17) is 18.9 Å². The summed E-state index contributed by atoms with van der Waals surface area (Å²) in [4.78, 5) is 12.6. The first kappa shape index (κ1) is 36.3. The zero-order chi connectivity index (χ0) is 30.1. The molecule has 11 heteroatoms. The fraction of sp³-hybridized carbons (Fsp3) is 0.967. The van der Waals surface area contributed by atoms with Gasteiger partial charge in [0.25, 0.3) is 0 Å². The number of unbranched alkanes of at least 4 members (excludes halogenated alkanes) is 14. The molecule has 2 saturated heterocycles. The Labute approximate surface area is 245 Å². The first-order valence-electron chi connectivity index (χ1n) is 15.9. The van der Waals surface area contributed by atoms with Crippen molar-refractivity contribution in [1.82, 2.24) is 0 Å². The number of aliphatic hydroxyl groups excluding tert-OH is 6. The molecule has 2 aliphatic rings. The Bertz CT molecular complexity index is 695. The Hall–Kier alpha value is -0.890. The highest BCUT2D eigenvalue weighted by Crippen LogP contribution is 2.36. The second kappa shape index (κ2) is 20.1. The van der Waals surface area contributed by atoms with E-state index in [1.165, 1.54) is 70.6 Å². The van der Waals surface area contributed by atoms with Crippen LogP contribution in [0.3, 0.4) is 0 Å². The van der Waals surface area contributed by atoms with Crippen LogP contribution in [0.15, 0.2) is 0 Å². The zero-order valence-electron chi connectivity index (χ0n) is 24.9. The number of carbonyl (C=O) groups is 1. The van der Waals surface area contributed by atoms with Crippen LogP contribution < -0.4 is 0 Å². The lowest BCUT2D eigenvalue weighted by Gasteiger charge is -2.43. The predicted octanol–water partition coefficient (Wildman–Crippen LogP) is 2.45. The minimum Gasteiger partial charge on any atom is -0.454 e. The number of carbonyl (C=O) groups excluding carboxylic acids is 1. The van der Waals surface area contributed by atoms with Crippen LogP contribution in [0.2, 0.25) is 0 Å². The van der Waals surface area contributed by atoms with Gasteiger partial charge in [-0.1, -0.05) is 96.8 Å². The zero-order valence-corrected chi connectivity index (χ0v) is 24.9. The molecule has 2 aliphatic heterocycles. The molecule has 0 amide bonds. The van der Waals surface area contributed by atoms with Gasteiger partial charge in [-0.15, -0.1) is 0 Å². The molecule has 7 unspecified atom stereocenters. The smallest absolute Gasteiger partial charge is 0.306 e. The molecule has 0 aromatic rings. The summed E-state index contributed by atoms with van der Waals surface area (Å²) in [7, 11) is 0. The average molecular weight is 593 g/mol. The van der Waals surface area contributed by atoms with E-state index in [-0.39, 0.29) is 12.8 Å². The molecule has 0 radical (unpaired) electrons. The van der Waals surface area contributed by atoms with Crippen LogP contribution in [0, 0.1) is 0 Å². The van der Waals surface area contributed by atoms with Gasteiger partial charge in [0.05, 0.1) is 25.9 Å². The number of ether oxygens (including phenoxy) is 4. The summed E-state index contributed by atoms with van der Waals surface area (Å²) in [5.41, 5.74) is 0. The fourth-order valence-electron chi connectivity index (χ4n) is 5.57. The molecule has 0 bridgehead atoms. The molecule has 0 spiro atoms. The van der Waals surface area contributed by atoms with E-state index in [1.807, 2.05) is 0 Å². The van der Waals surface area contributed by atoms with Gasteiger partial charge in [0, 0.05) is 12.8 Å². The SMILES string of the molecule is CCCCCCCCCCCCCCCCCC(=O)OC1C(O[C@@]2(CO)CC(O)C(CO)O2)OC(CO)C(O)C1O. The van der Waals surface area contributed by atoms with Gasteiger partial charge >= 0.3 is 5.97 Å². The molecular formula is C30H56O11.